The average molecular weight is 173 g/mol. The van der Waals surface area contributed by atoms with Gasteiger partial charge >= 0.3 is 0 Å². The lowest BCUT2D eigenvalue weighted by Gasteiger charge is -2.26. The molecule has 0 aliphatic carbocycles. The summed E-state index contributed by atoms with van der Waals surface area (Å²) in [6.45, 7) is 1.65. The summed E-state index contributed by atoms with van der Waals surface area (Å²) in [7, 11) is 1.58. The molecule has 0 radical (unpaired) electrons. The molecule has 0 fully saturated rings. The fourth-order valence-corrected chi connectivity index (χ4v) is 1.04. The first-order valence-electron chi connectivity index (χ1n) is 3.89. The van der Waals surface area contributed by atoms with Crippen LogP contribution in [-0.2, 0) is 4.74 Å². The fraction of sp³-hybridized carbons (Fsp3) is 0.714. The van der Waals surface area contributed by atoms with E-state index >= 15 is 0 Å². The van der Waals surface area contributed by atoms with Gasteiger partial charge in [-0.05, 0) is 0 Å². The lowest BCUT2D eigenvalue weighted by atomic mass is 10.3. The van der Waals surface area contributed by atoms with Gasteiger partial charge < -0.3 is 20.2 Å². The number of ether oxygens (including phenoxy) is 1. The summed E-state index contributed by atoms with van der Waals surface area (Å²) in [5.41, 5.74) is 5.75. The molecule has 0 saturated carbocycles. The van der Waals surface area contributed by atoms with Gasteiger partial charge in [0.25, 0.3) is 0 Å². The van der Waals surface area contributed by atoms with Crippen LogP contribution in [0.3, 0.4) is 0 Å². The summed E-state index contributed by atoms with van der Waals surface area (Å²) < 4.78 is 4.81. The van der Waals surface area contributed by atoms with Crippen molar-refractivity contribution in [1.82, 2.24) is 15.8 Å². The maximum absolute atomic E-state index is 9.35. The van der Waals surface area contributed by atoms with Crippen LogP contribution in [0.4, 0.5) is 0 Å². The zero-order valence-corrected chi connectivity index (χ0v) is 7.16. The van der Waals surface area contributed by atoms with E-state index < -0.39 is 6.10 Å². The number of nitrogens with one attached hydrogen (secondary N) is 2. The Labute approximate surface area is 72.0 Å². The van der Waals surface area contributed by atoms with Crippen molar-refractivity contribution in [1.29, 1.82) is 0 Å². The number of rotatable bonds is 4. The first kappa shape index (κ1) is 9.31. The first-order chi connectivity index (χ1) is 5.83. The molecular formula is C7H15N3O2. The molecule has 1 rings (SSSR count). The number of nitrogens with zero attached hydrogens (tertiary/aromatic N) is 1. The van der Waals surface area contributed by atoms with Crippen LogP contribution < -0.4 is 10.9 Å². The number of aliphatic hydroxyl groups excluding tert-OH is 1. The summed E-state index contributed by atoms with van der Waals surface area (Å²) in [6, 6.07) is 0. The van der Waals surface area contributed by atoms with Crippen LogP contribution in [0.25, 0.3) is 0 Å². The van der Waals surface area contributed by atoms with Crippen molar-refractivity contribution >= 4 is 0 Å². The summed E-state index contributed by atoms with van der Waals surface area (Å²) in [4.78, 5) is 1.96. The smallest absolute Gasteiger partial charge is 0.0948 e. The molecule has 3 N–H and O–H groups in total. The molecule has 1 heterocycles. The van der Waals surface area contributed by atoms with Crippen LogP contribution >= 0.6 is 0 Å². The van der Waals surface area contributed by atoms with Gasteiger partial charge in [0.1, 0.15) is 0 Å². The molecule has 12 heavy (non-hydrogen) atoms. The van der Waals surface area contributed by atoms with E-state index in [4.69, 9.17) is 4.74 Å². The molecule has 1 aliphatic heterocycles. The molecule has 0 saturated heterocycles. The highest BCUT2D eigenvalue weighted by molar-refractivity contribution is 4.83. The SMILES string of the molecule is COC[C@H](O)CN1C=CNNC1. The van der Waals surface area contributed by atoms with Gasteiger partial charge in [0.05, 0.1) is 19.4 Å². The number of β-amino-alcohol motifs (C(OH)–C–C–N with tert-alkyl or cyclic N) is 1. The summed E-state index contributed by atoms with van der Waals surface area (Å²) in [6.07, 6.45) is 3.23. The molecule has 5 heteroatoms. The van der Waals surface area contributed by atoms with Gasteiger partial charge in [0, 0.05) is 26.1 Å². The largest absolute Gasteiger partial charge is 0.389 e. The molecule has 70 valence electrons. The van der Waals surface area contributed by atoms with Crippen molar-refractivity contribution in [2.45, 2.75) is 6.10 Å². The predicted molar refractivity (Wildman–Crippen MR) is 44.9 cm³/mol. The standard InChI is InChI=1S/C7H15N3O2/c1-12-5-7(11)4-10-3-2-8-9-6-10/h2-3,7-9,11H,4-6H2,1H3/t7-/m1/s1. The van der Waals surface area contributed by atoms with E-state index in [0.717, 1.165) is 0 Å². The quantitative estimate of drug-likeness (QED) is 0.500. The molecule has 0 unspecified atom stereocenters. The summed E-state index contributed by atoms with van der Waals surface area (Å²) >= 11 is 0. The number of hydrogen-bond donors (Lipinski definition) is 3. The van der Waals surface area contributed by atoms with Crippen LogP contribution in [0.5, 0.6) is 0 Å². The number of aliphatic hydroxyl groups is 1. The third kappa shape index (κ3) is 3.08. The van der Waals surface area contributed by atoms with E-state index in [9.17, 15) is 5.11 Å². The molecular weight excluding hydrogens is 158 g/mol. The highest BCUT2D eigenvalue weighted by Gasteiger charge is 2.08. The number of hydrogen-bond acceptors (Lipinski definition) is 5. The van der Waals surface area contributed by atoms with Gasteiger partial charge in [-0.3, -0.25) is 0 Å². The van der Waals surface area contributed by atoms with E-state index in [2.05, 4.69) is 10.9 Å². The minimum absolute atomic E-state index is 0.373. The lowest BCUT2D eigenvalue weighted by molar-refractivity contribution is 0.0442. The minimum Gasteiger partial charge on any atom is -0.389 e. The normalized spacial score (nSPS) is 19.0. The Bertz CT molecular complexity index is 152. The number of methoxy groups -OCH3 is 1. The van der Waals surface area contributed by atoms with Crippen LogP contribution in [0.2, 0.25) is 0 Å². The molecule has 0 bridgehead atoms. The lowest BCUT2D eigenvalue weighted by Crippen LogP contribution is -2.44. The Hall–Kier alpha value is -0.780. The Kier molecular flexibility index (Phi) is 3.86. The average Bonchev–Trinajstić information content (AvgIpc) is 2.06. The first-order valence-corrected chi connectivity index (χ1v) is 3.89. The second kappa shape index (κ2) is 4.97. The highest BCUT2D eigenvalue weighted by atomic mass is 16.5. The zero-order chi connectivity index (χ0) is 8.81. The van der Waals surface area contributed by atoms with Gasteiger partial charge in [-0.1, -0.05) is 0 Å². The van der Waals surface area contributed by atoms with Crippen molar-refractivity contribution in [3.63, 3.8) is 0 Å². The fourth-order valence-electron chi connectivity index (χ4n) is 1.04. The second-order valence-corrected chi connectivity index (χ2v) is 2.68. The van der Waals surface area contributed by atoms with Crippen molar-refractivity contribution in [2.75, 3.05) is 26.9 Å². The minimum atomic E-state index is -0.431. The molecule has 0 aromatic rings. The number of hydrazine groups is 1. The van der Waals surface area contributed by atoms with Gasteiger partial charge in [0.15, 0.2) is 0 Å². The van der Waals surface area contributed by atoms with Gasteiger partial charge in [-0.25, -0.2) is 5.43 Å². The highest BCUT2D eigenvalue weighted by Crippen LogP contribution is 1.94. The van der Waals surface area contributed by atoms with E-state index in [-0.39, 0.29) is 0 Å². The van der Waals surface area contributed by atoms with Gasteiger partial charge in [-0.15, -0.1) is 0 Å². The Morgan fingerprint density at radius 2 is 2.58 bits per heavy atom. The van der Waals surface area contributed by atoms with E-state index in [1.54, 1.807) is 13.3 Å². The Morgan fingerprint density at radius 1 is 1.75 bits per heavy atom. The third-order valence-electron chi connectivity index (χ3n) is 1.56. The summed E-state index contributed by atoms with van der Waals surface area (Å²) in [5.74, 6) is 0. The molecule has 0 aromatic carbocycles. The van der Waals surface area contributed by atoms with Crippen LogP contribution in [-0.4, -0.2) is 43.0 Å². The summed E-state index contributed by atoms with van der Waals surface area (Å²) in [5, 5.41) is 9.35. The zero-order valence-electron chi connectivity index (χ0n) is 7.16. The van der Waals surface area contributed by atoms with E-state index in [1.165, 1.54) is 0 Å². The van der Waals surface area contributed by atoms with Gasteiger partial charge in [-0.2, -0.15) is 0 Å². The molecule has 5 nitrogen and oxygen atoms in total. The third-order valence-corrected chi connectivity index (χ3v) is 1.56. The Morgan fingerprint density at radius 3 is 3.17 bits per heavy atom. The maximum Gasteiger partial charge on any atom is 0.0948 e. The van der Waals surface area contributed by atoms with Crippen molar-refractivity contribution in [2.24, 2.45) is 0 Å². The monoisotopic (exact) mass is 173 g/mol. The van der Waals surface area contributed by atoms with Crippen molar-refractivity contribution in [3.8, 4) is 0 Å². The van der Waals surface area contributed by atoms with E-state index in [1.807, 2.05) is 11.1 Å². The second-order valence-electron chi connectivity index (χ2n) is 2.68. The van der Waals surface area contributed by atoms with Crippen molar-refractivity contribution < 1.29 is 9.84 Å². The molecule has 1 atom stereocenters. The maximum atomic E-state index is 9.35. The van der Waals surface area contributed by atoms with Gasteiger partial charge in [0.2, 0.25) is 0 Å². The molecule has 1 aliphatic rings. The molecule has 0 amide bonds. The topological polar surface area (TPSA) is 56.8 Å². The van der Waals surface area contributed by atoms with Crippen molar-refractivity contribution in [3.05, 3.63) is 12.4 Å². The Balaban J connectivity index is 2.20. The van der Waals surface area contributed by atoms with Crippen LogP contribution in [0.15, 0.2) is 12.4 Å². The predicted octanol–water partition coefficient (Wildman–Crippen LogP) is -1.17. The van der Waals surface area contributed by atoms with E-state index in [0.29, 0.717) is 19.8 Å². The van der Waals surface area contributed by atoms with Crippen LogP contribution in [0, 0.1) is 0 Å². The molecule has 0 aromatic heterocycles. The van der Waals surface area contributed by atoms with Crippen LogP contribution in [0.1, 0.15) is 0 Å². The molecule has 0 spiro atoms.